The Bertz CT molecular complexity index is 1940. The van der Waals surface area contributed by atoms with E-state index in [4.69, 9.17) is 0 Å². The predicted octanol–water partition coefficient (Wildman–Crippen LogP) is 9.06. The molecular formula is C42H53N2O5S+. The van der Waals surface area contributed by atoms with E-state index < -0.39 is 15.5 Å². The monoisotopic (exact) mass is 697 g/mol. The van der Waals surface area contributed by atoms with Gasteiger partial charge in [-0.2, -0.15) is 13.0 Å². The number of rotatable bonds is 13. The molecule has 0 aromatic heterocycles. The summed E-state index contributed by atoms with van der Waals surface area (Å²) in [5, 5.41) is 9.70. The summed E-state index contributed by atoms with van der Waals surface area (Å²) < 4.78 is 36.5. The molecule has 2 heterocycles. The highest BCUT2D eigenvalue weighted by atomic mass is 32.2. The van der Waals surface area contributed by atoms with Crippen molar-refractivity contribution < 1.29 is 27.4 Å². The Hall–Kier alpha value is -4.01. The van der Waals surface area contributed by atoms with E-state index in [0.717, 1.165) is 62.1 Å². The van der Waals surface area contributed by atoms with Crippen LogP contribution in [0, 0.1) is 5.41 Å². The van der Waals surface area contributed by atoms with Crippen LogP contribution < -0.4 is 4.90 Å². The lowest BCUT2D eigenvalue weighted by Crippen LogP contribution is -2.28. The molecule has 0 fully saturated rings. The van der Waals surface area contributed by atoms with Gasteiger partial charge in [0.15, 0.2) is 5.71 Å². The summed E-state index contributed by atoms with van der Waals surface area (Å²) in [6, 6.07) is 20.9. The Balaban J connectivity index is 1.45. The number of hydrogen-bond acceptors (Lipinski definition) is 5. The van der Waals surface area contributed by atoms with Gasteiger partial charge in [0.2, 0.25) is 5.69 Å². The lowest BCUT2D eigenvalue weighted by molar-refractivity contribution is -0.438. The standard InChI is InChI=1S/C42H52N2O5S/c1-40(2,3)39(46)20-9-8-12-27-43-36-26-25-32(50(47,48)49)29-34(36)42(6,7)38(43)19-13-18-37-41(4,5)33-16-10-11-17-35(33)44(37)28-14-15-30-21-23-31(45)24-22-30/h10-11,13,16-19,21-26,29H,8-9,12,14-15,20,27-28H2,1-7H3,(H-,45,47,48,49)/p+1. The molecule has 3 aromatic rings. The molecule has 50 heavy (non-hydrogen) atoms. The molecule has 2 aliphatic rings. The molecule has 0 unspecified atom stereocenters. The predicted molar refractivity (Wildman–Crippen MR) is 202 cm³/mol. The third-order valence-corrected chi connectivity index (χ3v) is 11.2. The Morgan fingerprint density at radius 3 is 2.26 bits per heavy atom. The second-order valence-corrected chi connectivity index (χ2v) is 17.2. The fourth-order valence-corrected chi connectivity index (χ4v) is 7.89. The zero-order valence-electron chi connectivity index (χ0n) is 30.7. The first-order chi connectivity index (χ1) is 23.4. The van der Waals surface area contributed by atoms with Crippen molar-refractivity contribution in [2.75, 3.05) is 18.0 Å². The van der Waals surface area contributed by atoms with Gasteiger partial charge in [-0.25, -0.2) is 0 Å². The third kappa shape index (κ3) is 7.82. The Morgan fingerprint density at radius 1 is 0.880 bits per heavy atom. The minimum Gasteiger partial charge on any atom is -0.508 e. The number of Topliss-reactive ketones (excluding diaryl/α,β-unsaturated/α-hetero) is 1. The quantitative estimate of drug-likeness (QED) is 0.105. The van der Waals surface area contributed by atoms with Gasteiger partial charge >= 0.3 is 0 Å². The molecule has 3 aromatic carbocycles. The van der Waals surface area contributed by atoms with E-state index in [0.29, 0.717) is 6.42 Å². The van der Waals surface area contributed by atoms with Crippen LogP contribution in [0.3, 0.4) is 0 Å². The molecule has 0 amide bonds. The number of allylic oxidation sites excluding steroid dienone is 4. The van der Waals surface area contributed by atoms with Crippen molar-refractivity contribution in [3.8, 4) is 5.75 Å². The second-order valence-electron chi connectivity index (χ2n) is 15.8. The first kappa shape index (κ1) is 37.3. The van der Waals surface area contributed by atoms with Crippen LogP contribution in [0.5, 0.6) is 5.75 Å². The van der Waals surface area contributed by atoms with Gasteiger partial charge in [0.1, 0.15) is 18.1 Å². The molecule has 7 nitrogen and oxygen atoms in total. The lowest BCUT2D eigenvalue weighted by Gasteiger charge is -2.27. The fraction of sp³-hybridized carbons (Fsp3) is 0.429. The maximum Gasteiger partial charge on any atom is 0.294 e. The molecule has 2 N–H and O–H groups in total. The Morgan fingerprint density at radius 2 is 1.58 bits per heavy atom. The minimum atomic E-state index is -4.36. The molecular weight excluding hydrogens is 645 g/mol. The van der Waals surface area contributed by atoms with E-state index in [1.807, 2.05) is 32.9 Å². The number of anilines is 1. The zero-order valence-corrected chi connectivity index (χ0v) is 31.5. The molecule has 0 radical (unpaired) electrons. The van der Waals surface area contributed by atoms with E-state index >= 15 is 0 Å². The molecule has 5 rings (SSSR count). The number of ketones is 1. The summed E-state index contributed by atoms with van der Waals surface area (Å²) in [5.41, 5.74) is 6.67. The van der Waals surface area contributed by atoms with Crippen molar-refractivity contribution in [3.63, 3.8) is 0 Å². The highest BCUT2D eigenvalue weighted by Crippen LogP contribution is 2.49. The number of aromatic hydroxyl groups is 1. The number of benzene rings is 3. The van der Waals surface area contributed by atoms with Crippen LogP contribution in [0.1, 0.15) is 97.3 Å². The first-order valence-electron chi connectivity index (χ1n) is 17.8. The number of fused-ring (bicyclic) bond motifs is 2. The van der Waals surface area contributed by atoms with Crippen molar-refractivity contribution in [2.24, 2.45) is 5.41 Å². The Kier molecular flexibility index (Phi) is 10.7. The van der Waals surface area contributed by atoms with Crippen LogP contribution in [0.4, 0.5) is 11.4 Å². The number of para-hydroxylation sites is 1. The van der Waals surface area contributed by atoms with E-state index in [1.54, 1.807) is 24.3 Å². The second kappa shape index (κ2) is 14.3. The van der Waals surface area contributed by atoms with Crippen LogP contribution in [-0.4, -0.2) is 47.2 Å². The number of phenols is 1. The molecule has 8 heteroatoms. The van der Waals surface area contributed by atoms with E-state index in [1.165, 1.54) is 28.6 Å². The Labute approximate surface area is 298 Å². The summed E-state index contributed by atoms with van der Waals surface area (Å²) in [6.45, 7) is 16.2. The number of unbranched alkanes of at least 4 members (excludes halogenated alkanes) is 2. The van der Waals surface area contributed by atoms with Gasteiger partial charge in [0.25, 0.3) is 10.1 Å². The van der Waals surface area contributed by atoms with Gasteiger partial charge in [-0.3, -0.25) is 9.35 Å². The molecule has 0 atom stereocenters. The lowest BCUT2D eigenvalue weighted by atomic mass is 9.81. The minimum absolute atomic E-state index is 0.106. The molecule has 0 saturated heterocycles. The van der Waals surface area contributed by atoms with Crippen molar-refractivity contribution in [1.82, 2.24) is 0 Å². The van der Waals surface area contributed by atoms with Gasteiger partial charge in [0, 0.05) is 59.3 Å². The van der Waals surface area contributed by atoms with Gasteiger partial charge in [-0.05, 0) is 80.6 Å². The largest absolute Gasteiger partial charge is 0.508 e. The summed E-state index contributed by atoms with van der Waals surface area (Å²) in [6.07, 6.45) is 11.5. The van der Waals surface area contributed by atoms with Crippen LogP contribution in [0.15, 0.2) is 95.6 Å². The average Bonchev–Trinajstić information content (AvgIpc) is 3.39. The van der Waals surface area contributed by atoms with E-state index in [2.05, 4.69) is 79.7 Å². The summed E-state index contributed by atoms with van der Waals surface area (Å²) in [5.74, 6) is 0.551. The smallest absolute Gasteiger partial charge is 0.294 e. The van der Waals surface area contributed by atoms with E-state index in [9.17, 15) is 22.9 Å². The number of hydrogen-bond donors (Lipinski definition) is 2. The number of aryl methyl sites for hydroxylation is 1. The zero-order chi connectivity index (χ0) is 36.5. The van der Waals surface area contributed by atoms with Crippen molar-refractivity contribution in [3.05, 3.63) is 107 Å². The number of nitrogens with zero attached hydrogens (tertiary/aromatic N) is 2. The number of carbonyl (C=O) groups excluding carboxylic acids is 1. The molecule has 2 aliphatic heterocycles. The SMILES string of the molecule is CC(C)(C)C(=O)CCCCCN1/C(=C/C=C/C2=[N+](CCCc3ccc(O)cc3)c3ccccc3C2(C)C)C(C)(C)c2cc(S(=O)(=O)O)ccc21. The molecule has 266 valence electrons. The van der Waals surface area contributed by atoms with Crippen LogP contribution in [0.25, 0.3) is 0 Å². The third-order valence-electron chi connectivity index (χ3n) is 10.4. The highest BCUT2D eigenvalue weighted by molar-refractivity contribution is 7.85. The van der Waals surface area contributed by atoms with Crippen molar-refractivity contribution in [1.29, 1.82) is 0 Å². The summed E-state index contributed by atoms with van der Waals surface area (Å²) in [7, 11) is -4.36. The number of carbonyl (C=O) groups is 1. The van der Waals surface area contributed by atoms with Crippen LogP contribution in [0.2, 0.25) is 0 Å². The first-order valence-corrected chi connectivity index (χ1v) is 19.2. The van der Waals surface area contributed by atoms with E-state index in [-0.39, 0.29) is 27.3 Å². The van der Waals surface area contributed by atoms with Crippen molar-refractivity contribution >= 4 is 33.0 Å². The van der Waals surface area contributed by atoms with Gasteiger partial charge in [0.05, 0.1) is 10.3 Å². The normalized spacial score (nSPS) is 17.5. The highest BCUT2D eigenvalue weighted by Gasteiger charge is 2.44. The fourth-order valence-electron chi connectivity index (χ4n) is 7.38. The maximum atomic E-state index is 12.5. The summed E-state index contributed by atoms with van der Waals surface area (Å²) >= 11 is 0. The topological polar surface area (TPSA) is 97.9 Å². The average molecular weight is 698 g/mol. The number of phenolic OH excluding ortho intramolecular Hbond substituents is 1. The summed E-state index contributed by atoms with van der Waals surface area (Å²) in [4.78, 5) is 14.7. The maximum absolute atomic E-state index is 12.5. The van der Waals surface area contributed by atoms with Crippen LogP contribution in [-0.2, 0) is 32.2 Å². The van der Waals surface area contributed by atoms with Gasteiger partial charge in [-0.15, -0.1) is 0 Å². The molecule has 0 aliphatic carbocycles. The van der Waals surface area contributed by atoms with Gasteiger partial charge in [-0.1, -0.05) is 77.4 Å². The molecule has 0 saturated carbocycles. The molecule has 0 bridgehead atoms. The van der Waals surface area contributed by atoms with Crippen LogP contribution >= 0.6 is 0 Å². The molecule has 0 spiro atoms. The van der Waals surface area contributed by atoms with Crippen molar-refractivity contribution in [2.45, 2.75) is 103 Å². The van der Waals surface area contributed by atoms with Gasteiger partial charge < -0.3 is 10.0 Å².